The Bertz CT molecular complexity index is 1260. The summed E-state index contributed by atoms with van der Waals surface area (Å²) in [6, 6.07) is 14.1. The number of ether oxygens (including phenoxy) is 3. The highest BCUT2D eigenvalue weighted by atomic mass is 16.6. The van der Waals surface area contributed by atoms with Crippen molar-refractivity contribution in [3.8, 4) is 23.0 Å². The van der Waals surface area contributed by atoms with Gasteiger partial charge in [-0.2, -0.15) is 5.10 Å². The summed E-state index contributed by atoms with van der Waals surface area (Å²) < 4.78 is 15.9. The molecule has 3 rings (SSSR count). The Balaban J connectivity index is 1.75. The molecule has 12 heteroatoms. The van der Waals surface area contributed by atoms with Gasteiger partial charge in [0.15, 0.2) is 11.5 Å². The average molecular weight is 466 g/mol. The zero-order chi connectivity index (χ0) is 24.7. The molecule has 1 N–H and O–H groups in total. The molecule has 34 heavy (non-hydrogen) atoms. The van der Waals surface area contributed by atoms with Gasteiger partial charge in [-0.15, -0.1) is 0 Å². The predicted octanol–water partition coefficient (Wildman–Crippen LogP) is 4.08. The molecule has 12 nitrogen and oxygen atoms in total. The van der Waals surface area contributed by atoms with Crippen molar-refractivity contribution in [1.29, 1.82) is 0 Å². The minimum atomic E-state index is -0.776. The monoisotopic (exact) mass is 466 g/mol. The Morgan fingerprint density at radius 3 is 2.21 bits per heavy atom. The maximum atomic E-state index is 12.2. The van der Waals surface area contributed by atoms with E-state index in [1.54, 1.807) is 30.3 Å². The van der Waals surface area contributed by atoms with Gasteiger partial charge in [0.25, 0.3) is 11.6 Å². The quantitative estimate of drug-likeness (QED) is 0.281. The van der Waals surface area contributed by atoms with E-state index in [0.29, 0.717) is 16.9 Å². The molecule has 0 aromatic heterocycles. The topological polar surface area (TPSA) is 155 Å². The lowest BCUT2D eigenvalue weighted by Crippen LogP contribution is -2.17. The van der Waals surface area contributed by atoms with Gasteiger partial charge in [0.2, 0.25) is 5.75 Å². The van der Waals surface area contributed by atoms with E-state index in [9.17, 15) is 25.0 Å². The number of nitrogens with one attached hydrogen (secondary N) is 1. The van der Waals surface area contributed by atoms with Crippen molar-refractivity contribution in [1.82, 2.24) is 5.43 Å². The average Bonchev–Trinajstić information content (AvgIpc) is 2.84. The first-order valence-electron chi connectivity index (χ1n) is 9.58. The Morgan fingerprint density at radius 2 is 1.59 bits per heavy atom. The van der Waals surface area contributed by atoms with Crippen LogP contribution in [0.2, 0.25) is 0 Å². The standard InChI is InChI=1S/C22H18N4O8/c1-32-17-7-4-15(5-8-17)22(27)24-23-13-14-3-9-20(21(11-14)33-2)34-19-10-6-16(25(28)29)12-18(19)26(30)31/h3-13H,1-2H3,(H,24,27)/b23-13-. The molecule has 0 unspecified atom stereocenters. The second-order valence-corrected chi connectivity index (χ2v) is 6.61. The fourth-order valence-electron chi connectivity index (χ4n) is 2.79. The number of carbonyl (C=O) groups is 1. The molecule has 0 atom stereocenters. The normalized spacial score (nSPS) is 10.5. The van der Waals surface area contributed by atoms with Crippen LogP contribution in [0.1, 0.15) is 15.9 Å². The molecule has 1 amide bonds. The molecule has 0 fully saturated rings. The van der Waals surface area contributed by atoms with Crippen LogP contribution >= 0.6 is 0 Å². The van der Waals surface area contributed by atoms with Crippen molar-refractivity contribution < 1.29 is 28.9 Å². The van der Waals surface area contributed by atoms with Crippen LogP contribution in [0.25, 0.3) is 0 Å². The summed E-state index contributed by atoms with van der Waals surface area (Å²) in [5.74, 6) is 0.365. The SMILES string of the molecule is COc1ccc(C(=O)N/N=C\c2ccc(Oc3ccc([N+](=O)[O-])cc3[N+](=O)[O-])c(OC)c2)cc1. The molecular weight excluding hydrogens is 448 g/mol. The third-order valence-electron chi connectivity index (χ3n) is 4.49. The zero-order valence-electron chi connectivity index (χ0n) is 18.0. The Labute approximate surface area is 192 Å². The number of hydrazone groups is 1. The molecule has 0 radical (unpaired) electrons. The third-order valence-corrected chi connectivity index (χ3v) is 4.49. The second-order valence-electron chi connectivity index (χ2n) is 6.61. The van der Waals surface area contributed by atoms with Crippen molar-refractivity contribution in [3.63, 3.8) is 0 Å². The molecule has 0 bridgehead atoms. The van der Waals surface area contributed by atoms with Crippen molar-refractivity contribution in [2.24, 2.45) is 5.10 Å². The van der Waals surface area contributed by atoms with Gasteiger partial charge in [0.05, 0.1) is 36.3 Å². The van der Waals surface area contributed by atoms with Crippen LogP contribution in [0.5, 0.6) is 23.0 Å². The van der Waals surface area contributed by atoms with Crippen LogP contribution in [0, 0.1) is 20.2 Å². The number of rotatable bonds is 9. The summed E-state index contributed by atoms with van der Waals surface area (Å²) >= 11 is 0. The van der Waals surface area contributed by atoms with E-state index in [2.05, 4.69) is 10.5 Å². The molecule has 0 saturated carbocycles. The summed E-state index contributed by atoms with van der Waals surface area (Å²) in [6.07, 6.45) is 1.38. The highest BCUT2D eigenvalue weighted by Crippen LogP contribution is 2.38. The lowest BCUT2D eigenvalue weighted by Gasteiger charge is -2.11. The van der Waals surface area contributed by atoms with E-state index in [1.807, 2.05) is 0 Å². The number of non-ortho nitro benzene ring substituents is 1. The van der Waals surface area contributed by atoms with E-state index in [-0.39, 0.29) is 17.2 Å². The number of benzene rings is 3. The Morgan fingerprint density at radius 1 is 0.882 bits per heavy atom. The van der Waals surface area contributed by atoms with Gasteiger partial charge in [-0.3, -0.25) is 25.0 Å². The number of methoxy groups -OCH3 is 2. The van der Waals surface area contributed by atoms with Gasteiger partial charge >= 0.3 is 5.69 Å². The van der Waals surface area contributed by atoms with Crippen LogP contribution in [-0.2, 0) is 0 Å². The molecule has 3 aromatic carbocycles. The van der Waals surface area contributed by atoms with E-state index in [0.717, 1.165) is 18.2 Å². The largest absolute Gasteiger partial charge is 0.497 e. The molecule has 0 saturated heterocycles. The maximum absolute atomic E-state index is 12.2. The smallest absolute Gasteiger partial charge is 0.318 e. The van der Waals surface area contributed by atoms with Crippen LogP contribution in [0.3, 0.4) is 0 Å². The van der Waals surface area contributed by atoms with E-state index in [1.165, 1.54) is 32.6 Å². The molecule has 3 aromatic rings. The summed E-state index contributed by atoms with van der Waals surface area (Å²) in [6.45, 7) is 0. The van der Waals surface area contributed by atoms with E-state index >= 15 is 0 Å². The molecule has 0 aliphatic carbocycles. The third kappa shape index (κ3) is 5.62. The number of nitrogens with zero attached hydrogens (tertiary/aromatic N) is 3. The lowest BCUT2D eigenvalue weighted by molar-refractivity contribution is -0.394. The first-order chi connectivity index (χ1) is 16.3. The summed E-state index contributed by atoms with van der Waals surface area (Å²) in [7, 11) is 2.90. The van der Waals surface area contributed by atoms with E-state index in [4.69, 9.17) is 14.2 Å². The predicted molar refractivity (Wildman–Crippen MR) is 121 cm³/mol. The highest BCUT2D eigenvalue weighted by Gasteiger charge is 2.22. The minimum Gasteiger partial charge on any atom is -0.497 e. The first kappa shape index (κ1) is 23.7. The summed E-state index contributed by atoms with van der Waals surface area (Å²) in [4.78, 5) is 32.9. The maximum Gasteiger partial charge on any atom is 0.318 e. The van der Waals surface area contributed by atoms with Crippen LogP contribution in [0.15, 0.2) is 65.8 Å². The lowest BCUT2D eigenvalue weighted by atomic mass is 10.2. The molecule has 0 spiro atoms. The van der Waals surface area contributed by atoms with Crippen LogP contribution < -0.4 is 19.6 Å². The summed E-state index contributed by atoms with van der Waals surface area (Å²) in [5.41, 5.74) is 2.33. The van der Waals surface area contributed by atoms with Crippen LogP contribution in [0.4, 0.5) is 11.4 Å². The fraction of sp³-hybridized carbons (Fsp3) is 0.0909. The number of hydrogen-bond donors (Lipinski definition) is 1. The van der Waals surface area contributed by atoms with E-state index < -0.39 is 27.1 Å². The van der Waals surface area contributed by atoms with Gasteiger partial charge in [0, 0.05) is 11.6 Å². The Kier molecular flexibility index (Phi) is 7.34. The molecule has 0 heterocycles. The Hall–Kier alpha value is -5.00. The van der Waals surface area contributed by atoms with Gasteiger partial charge in [-0.1, -0.05) is 0 Å². The minimum absolute atomic E-state index is 0.138. The molecule has 174 valence electrons. The van der Waals surface area contributed by atoms with Gasteiger partial charge < -0.3 is 14.2 Å². The van der Waals surface area contributed by atoms with Gasteiger partial charge in [0.1, 0.15) is 5.75 Å². The number of hydrogen-bond acceptors (Lipinski definition) is 9. The van der Waals surface area contributed by atoms with Gasteiger partial charge in [-0.05, 0) is 54.1 Å². The molecule has 0 aliphatic heterocycles. The number of carbonyl (C=O) groups excluding carboxylic acids is 1. The number of nitro groups is 2. The summed E-state index contributed by atoms with van der Waals surface area (Å²) in [5, 5.41) is 26.1. The number of amides is 1. The molecular formula is C22H18N4O8. The van der Waals surface area contributed by atoms with Gasteiger partial charge in [-0.25, -0.2) is 5.43 Å². The number of nitro benzene ring substituents is 2. The second kappa shape index (κ2) is 10.5. The fourth-order valence-corrected chi connectivity index (χ4v) is 2.79. The highest BCUT2D eigenvalue weighted by molar-refractivity contribution is 5.95. The van der Waals surface area contributed by atoms with Crippen LogP contribution in [-0.4, -0.2) is 36.2 Å². The van der Waals surface area contributed by atoms with Crippen molar-refractivity contribution >= 4 is 23.5 Å². The zero-order valence-corrected chi connectivity index (χ0v) is 18.0. The first-order valence-corrected chi connectivity index (χ1v) is 9.58. The van der Waals surface area contributed by atoms with Crippen molar-refractivity contribution in [3.05, 3.63) is 92.0 Å². The van der Waals surface area contributed by atoms with Crippen molar-refractivity contribution in [2.75, 3.05) is 14.2 Å². The van der Waals surface area contributed by atoms with Crippen molar-refractivity contribution in [2.45, 2.75) is 0 Å². The molecule has 0 aliphatic rings.